The lowest BCUT2D eigenvalue weighted by Crippen LogP contribution is -2.46. The Kier molecular flexibility index (Phi) is 8.42. The molecule has 0 spiro atoms. The maximum Gasteiger partial charge on any atom is 0.270 e. The Balaban J connectivity index is 1.83. The van der Waals surface area contributed by atoms with Gasteiger partial charge in [-0.05, 0) is 30.5 Å². The highest BCUT2D eigenvalue weighted by Crippen LogP contribution is 2.30. The highest BCUT2D eigenvalue weighted by atomic mass is 19.1. The van der Waals surface area contributed by atoms with Gasteiger partial charge in [-0.25, -0.2) is 4.98 Å². The maximum absolute atomic E-state index is 13.5. The first-order valence-corrected chi connectivity index (χ1v) is 11.5. The van der Waals surface area contributed by atoms with Gasteiger partial charge in [0, 0.05) is 5.56 Å². The quantitative estimate of drug-likeness (QED) is 0.214. The lowest BCUT2D eigenvalue weighted by molar-refractivity contribution is -0.122. The van der Waals surface area contributed by atoms with Gasteiger partial charge in [0.1, 0.15) is 5.69 Å². The molecule has 2 amide bonds. The SMILES string of the molecule is CC[C@H](C)[C@H](NC(=O)C[C@H](NC(=O)c1cccc(F)n1)c1ccccc1)C(=O)c1c(O)[nH]c(O)c1C. The van der Waals surface area contributed by atoms with Crippen LogP contribution in [0.25, 0.3) is 0 Å². The zero-order valence-corrected chi connectivity index (χ0v) is 20.2. The molecule has 0 aliphatic rings. The number of carbonyl (C=O) groups is 3. The number of aromatic amines is 1. The van der Waals surface area contributed by atoms with Gasteiger partial charge >= 0.3 is 0 Å². The van der Waals surface area contributed by atoms with E-state index >= 15 is 0 Å². The van der Waals surface area contributed by atoms with E-state index in [2.05, 4.69) is 20.6 Å². The van der Waals surface area contributed by atoms with Crippen LogP contribution in [0.5, 0.6) is 11.8 Å². The molecule has 0 aliphatic heterocycles. The van der Waals surface area contributed by atoms with Gasteiger partial charge in [-0.1, -0.05) is 56.7 Å². The number of aromatic hydroxyl groups is 2. The van der Waals surface area contributed by atoms with Crippen LogP contribution in [0.3, 0.4) is 0 Å². The first-order chi connectivity index (χ1) is 17.1. The molecule has 0 fully saturated rings. The van der Waals surface area contributed by atoms with Gasteiger partial charge in [-0.15, -0.1) is 0 Å². The molecule has 1 aromatic carbocycles. The van der Waals surface area contributed by atoms with Crippen molar-refractivity contribution in [1.29, 1.82) is 0 Å². The number of H-pyrrole nitrogens is 1. The molecule has 0 saturated heterocycles. The van der Waals surface area contributed by atoms with Crippen molar-refractivity contribution in [3.8, 4) is 11.8 Å². The average Bonchev–Trinajstić information content (AvgIpc) is 3.12. The van der Waals surface area contributed by atoms with Crippen molar-refractivity contribution >= 4 is 17.6 Å². The smallest absolute Gasteiger partial charge is 0.270 e. The highest BCUT2D eigenvalue weighted by Gasteiger charge is 2.32. The number of nitrogens with zero attached hydrogens (tertiary/aromatic N) is 1. The van der Waals surface area contributed by atoms with Crippen molar-refractivity contribution < 1.29 is 29.0 Å². The molecule has 0 radical (unpaired) electrons. The van der Waals surface area contributed by atoms with Crippen molar-refractivity contribution in [1.82, 2.24) is 20.6 Å². The third-order valence-corrected chi connectivity index (χ3v) is 6.11. The molecule has 0 saturated carbocycles. The van der Waals surface area contributed by atoms with Gasteiger partial charge in [0.25, 0.3) is 5.91 Å². The summed E-state index contributed by atoms with van der Waals surface area (Å²) >= 11 is 0. The topological polar surface area (TPSA) is 144 Å². The number of hydrogen-bond acceptors (Lipinski definition) is 6. The van der Waals surface area contributed by atoms with Crippen LogP contribution in [0, 0.1) is 18.8 Å². The van der Waals surface area contributed by atoms with E-state index in [1.54, 1.807) is 37.3 Å². The summed E-state index contributed by atoms with van der Waals surface area (Å²) < 4.78 is 13.5. The first kappa shape index (κ1) is 26.4. The fourth-order valence-corrected chi connectivity index (χ4v) is 3.85. The molecule has 190 valence electrons. The molecule has 10 heteroatoms. The van der Waals surface area contributed by atoms with Crippen molar-refractivity contribution in [2.24, 2.45) is 5.92 Å². The number of ketones is 1. The van der Waals surface area contributed by atoms with Crippen molar-refractivity contribution in [2.75, 3.05) is 0 Å². The van der Waals surface area contributed by atoms with Gasteiger partial charge in [0.15, 0.2) is 11.7 Å². The summed E-state index contributed by atoms with van der Waals surface area (Å²) in [7, 11) is 0. The van der Waals surface area contributed by atoms with Crippen LogP contribution in [0.15, 0.2) is 48.5 Å². The fraction of sp³-hybridized carbons (Fsp3) is 0.308. The molecule has 0 unspecified atom stereocenters. The fourth-order valence-electron chi connectivity index (χ4n) is 3.85. The van der Waals surface area contributed by atoms with Gasteiger partial charge in [-0.2, -0.15) is 4.39 Å². The molecule has 3 atom stereocenters. The van der Waals surface area contributed by atoms with Gasteiger partial charge in [0.2, 0.25) is 17.7 Å². The number of pyridine rings is 1. The second kappa shape index (κ2) is 11.5. The third kappa shape index (κ3) is 6.07. The number of benzene rings is 1. The Morgan fingerprint density at radius 2 is 1.72 bits per heavy atom. The van der Waals surface area contributed by atoms with E-state index in [0.29, 0.717) is 12.0 Å². The molecule has 2 aromatic heterocycles. The van der Waals surface area contributed by atoms with Crippen molar-refractivity contribution in [3.63, 3.8) is 0 Å². The Bertz CT molecular complexity index is 1240. The van der Waals surface area contributed by atoms with E-state index in [4.69, 9.17) is 0 Å². The van der Waals surface area contributed by atoms with E-state index in [0.717, 1.165) is 6.07 Å². The second-order valence-corrected chi connectivity index (χ2v) is 8.60. The molecule has 36 heavy (non-hydrogen) atoms. The summed E-state index contributed by atoms with van der Waals surface area (Å²) in [5.74, 6) is -3.63. The number of halogens is 1. The summed E-state index contributed by atoms with van der Waals surface area (Å²) in [5.41, 5.74) is 0.579. The normalized spacial score (nSPS) is 13.4. The summed E-state index contributed by atoms with van der Waals surface area (Å²) in [6, 6.07) is 10.8. The summed E-state index contributed by atoms with van der Waals surface area (Å²) in [6.07, 6.45) is 0.339. The molecular formula is C26H29FN4O5. The standard InChI is InChI=1S/C26H29FN4O5/c1-4-14(2)22(23(33)21-15(3)24(34)31-26(21)36)30-20(32)13-18(16-9-6-5-7-10-16)29-25(35)17-11-8-12-19(27)28-17/h5-12,14,18,22,31,34,36H,4,13H2,1-3H3,(H,29,35)(H,30,32)/t14-,18-,22-/m0/s1. The van der Waals surface area contributed by atoms with Crippen LogP contribution in [-0.2, 0) is 4.79 Å². The molecule has 9 nitrogen and oxygen atoms in total. The number of nitrogens with one attached hydrogen (secondary N) is 3. The molecule has 0 aliphatic carbocycles. The Labute approximate surface area is 207 Å². The van der Waals surface area contributed by atoms with Crippen LogP contribution in [0.2, 0.25) is 0 Å². The lowest BCUT2D eigenvalue weighted by Gasteiger charge is -2.25. The summed E-state index contributed by atoms with van der Waals surface area (Å²) in [5, 5.41) is 25.4. The lowest BCUT2D eigenvalue weighted by atomic mass is 9.90. The minimum atomic E-state index is -0.987. The number of Topliss-reactive ketones (excluding diaryl/α,β-unsaturated/α-hetero) is 1. The third-order valence-electron chi connectivity index (χ3n) is 6.11. The molecule has 3 rings (SSSR count). The van der Waals surface area contributed by atoms with E-state index < -0.39 is 41.5 Å². The maximum atomic E-state index is 13.5. The van der Waals surface area contributed by atoms with Crippen LogP contribution in [0.4, 0.5) is 4.39 Å². The van der Waals surface area contributed by atoms with Gasteiger partial charge in [-0.3, -0.25) is 19.4 Å². The minimum absolute atomic E-state index is 0.0943. The minimum Gasteiger partial charge on any atom is -0.494 e. The molecule has 5 N–H and O–H groups in total. The zero-order valence-electron chi connectivity index (χ0n) is 20.2. The predicted molar refractivity (Wildman–Crippen MR) is 130 cm³/mol. The molecule has 2 heterocycles. The Morgan fingerprint density at radius 3 is 2.31 bits per heavy atom. The second-order valence-electron chi connectivity index (χ2n) is 8.60. The monoisotopic (exact) mass is 496 g/mol. The molecule has 3 aromatic rings. The zero-order chi connectivity index (χ0) is 26.4. The Hall–Kier alpha value is -4.21. The first-order valence-electron chi connectivity index (χ1n) is 11.5. The summed E-state index contributed by atoms with van der Waals surface area (Å²) in [4.78, 5) is 45.0. The van der Waals surface area contributed by atoms with Crippen LogP contribution >= 0.6 is 0 Å². The van der Waals surface area contributed by atoms with E-state index in [1.807, 2.05) is 6.92 Å². The van der Waals surface area contributed by atoms with E-state index in [1.165, 1.54) is 19.1 Å². The van der Waals surface area contributed by atoms with E-state index in [9.17, 15) is 29.0 Å². The van der Waals surface area contributed by atoms with Crippen LogP contribution in [-0.4, -0.2) is 43.8 Å². The van der Waals surface area contributed by atoms with Crippen molar-refractivity contribution in [2.45, 2.75) is 45.7 Å². The number of rotatable bonds is 10. The van der Waals surface area contributed by atoms with Gasteiger partial charge in [0.05, 0.1) is 24.1 Å². The Morgan fingerprint density at radius 1 is 1.03 bits per heavy atom. The van der Waals surface area contributed by atoms with E-state index in [-0.39, 0.29) is 35.0 Å². The predicted octanol–water partition coefficient (Wildman–Crippen LogP) is 3.54. The number of carbonyl (C=O) groups excluding carboxylic acids is 3. The summed E-state index contributed by atoms with van der Waals surface area (Å²) in [6.45, 7) is 5.13. The molecule has 0 bridgehead atoms. The number of amides is 2. The molecular weight excluding hydrogens is 467 g/mol. The largest absolute Gasteiger partial charge is 0.494 e. The van der Waals surface area contributed by atoms with Crippen molar-refractivity contribution in [3.05, 3.63) is 76.9 Å². The number of aromatic nitrogens is 2. The van der Waals surface area contributed by atoms with Crippen LogP contribution < -0.4 is 10.6 Å². The van der Waals surface area contributed by atoms with Crippen LogP contribution in [0.1, 0.15) is 64.7 Å². The number of hydrogen-bond donors (Lipinski definition) is 5. The average molecular weight is 497 g/mol. The highest BCUT2D eigenvalue weighted by molar-refractivity contribution is 6.05. The van der Waals surface area contributed by atoms with Gasteiger partial charge < -0.3 is 20.8 Å².